The van der Waals surface area contributed by atoms with Gasteiger partial charge in [-0.15, -0.1) is 12.4 Å². The van der Waals surface area contributed by atoms with Gasteiger partial charge in [-0.25, -0.2) is 4.98 Å². The summed E-state index contributed by atoms with van der Waals surface area (Å²) < 4.78 is 1.62. The van der Waals surface area contributed by atoms with E-state index < -0.39 is 0 Å². The lowest BCUT2D eigenvalue weighted by atomic mass is 9.83. The van der Waals surface area contributed by atoms with Crippen molar-refractivity contribution in [2.75, 3.05) is 13.1 Å². The standard InChI is InChI=1S/C11H15N3O.ClH/c15-11(14-6-3-12-8-14)10-7-9-1-4-13(10)5-2-9;/h3,6,8-10H,1-2,4-5,7H2;1H. The summed E-state index contributed by atoms with van der Waals surface area (Å²) in [5.74, 6) is 0.962. The summed E-state index contributed by atoms with van der Waals surface area (Å²) in [7, 11) is 0. The van der Waals surface area contributed by atoms with E-state index in [1.165, 1.54) is 12.8 Å². The van der Waals surface area contributed by atoms with E-state index in [-0.39, 0.29) is 24.4 Å². The first-order chi connectivity index (χ1) is 7.34. The molecule has 1 aromatic heterocycles. The molecular weight excluding hydrogens is 226 g/mol. The van der Waals surface area contributed by atoms with Crippen LogP contribution in [0, 0.1) is 5.92 Å². The number of nitrogens with zero attached hydrogens (tertiary/aromatic N) is 3. The maximum Gasteiger partial charge on any atom is 0.249 e. The fourth-order valence-electron chi connectivity index (χ4n) is 2.78. The summed E-state index contributed by atoms with van der Waals surface area (Å²) in [5.41, 5.74) is 0. The Labute approximate surface area is 101 Å². The van der Waals surface area contributed by atoms with Gasteiger partial charge in [-0.3, -0.25) is 14.3 Å². The van der Waals surface area contributed by atoms with Crippen molar-refractivity contribution in [3.05, 3.63) is 18.7 Å². The Hall–Kier alpha value is -0.870. The summed E-state index contributed by atoms with van der Waals surface area (Å²) >= 11 is 0. The molecule has 0 aliphatic carbocycles. The van der Waals surface area contributed by atoms with E-state index in [0.29, 0.717) is 0 Å². The smallest absolute Gasteiger partial charge is 0.249 e. The number of carbonyl (C=O) groups is 1. The second kappa shape index (κ2) is 4.55. The first-order valence-corrected chi connectivity index (χ1v) is 5.61. The molecule has 3 saturated heterocycles. The highest BCUT2D eigenvalue weighted by Crippen LogP contribution is 2.32. The minimum Gasteiger partial charge on any atom is -0.292 e. The summed E-state index contributed by atoms with van der Waals surface area (Å²) in [5, 5.41) is 0. The largest absolute Gasteiger partial charge is 0.292 e. The van der Waals surface area contributed by atoms with Gasteiger partial charge in [0.25, 0.3) is 0 Å². The topological polar surface area (TPSA) is 38.1 Å². The number of carbonyl (C=O) groups excluding carboxylic acids is 1. The Kier molecular flexibility index (Phi) is 3.30. The van der Waals surface area contributed by atoms with Crippen LogP contribution in [-0.2, 0) is 0 Å². The lowest BCUT2D eigenvalue weighted by Crippen LogP contribution is -2.53. The quantitative estimate of drug-likeness (QED) is 0.747. The van der Waals surface area contributed by atoms with Gasteiger partial charge in [0.05, 0.1) is 6.04 Å². The lowest BCUT2D eigenvalue weighted by molar-refractivity contribution is 0.0339. The maximum absolute atomic E-state index is 12.1. The van der Waals surface area contributed by atoms with E-state index in [4.69, 9.17) is 0 Å². The molecule has 1 aromatic rings. The first kappa shape index (κ1) is 11.6. The van der Waals surface area contributed by atoms with Gasteiger partial charge in [0.15, 0.2) is 0 Å². The lowest BCUT2D eigenvalue weighted by Gasteiger charge is -2.44. The molecule has 0 N–H and O–H groups in total. The highest BCUT2D eigenvalue weighted by atomic mass is 35.5. The van der Waals surface area contributed by atoms with Gasteiger partial charge >= 0.3 is 0 Å². The summed E-state index contributed by atoms with van der Waals surface area (Å²) in [6.07, 6.45) is 8.59. The van der Waals surface area contributed by atoms with Gasteiger partial charge in [-0.2, -0.15) is 0 Å². The Bertz CT molecular complexity index is 357. The minimum absolute atomic E-state index is 0. The molecular formula is C11H16ClN3O. The van der Waals surface area contributed by atoms with Gasteiger partial charge in [0, 0.05) is 12.4 Å². The molecule has 3 fully saturated rings. The number of piperidine rings is 3. The van der Waals surface area contributed by atoms with Crippen LogP contribution in [0.3, 0.4) is 0 Å². The molecule has 5 heteroatoms. The predicted molar refractivity (Wildman–Crippen MR) is 62.8 cm³/mol. The van der Waals surface area contributed by atoms with Gasteiger partial charge in [-0.05, 0) is 38.3 Å². The third-order valence-corrected chi connectivity index (χ3v) is 3.69. The third-order valence-electron chi connectivity index (χ3n) is 3.69. The van der Waals surface area contributed by atoms with Crippen molar-refractivity contribution in [2.45, 2.75) is 25.3 Å². The third kappa shape index (κ3) is 1.87. The summed E-state index contributed by atoms with van der Waals surface area (Å²) in [6.45, 7) is 2.19. The molecule has 16 heavy (non-hydrogen) atoms. The number of hydrogen-bond acceptors (Lipinski definition) is 3. The van der Waals surface area contributed by atoms with E-state index in [1.807, 2.05) is 0 Å². The molecule has 0 radical (unpaired) electrons. The van der Waals surface area contributed by atoms with Crippen LogP contribution < -0.4 is 0 Å². The molecule has 3 aliphatic heterocycles. The van der Waals surface area contributed by atoms with Crippen LogP contribution in [0.5, 0.6) is 0 Å². The molecule has 4 rings (SSSR count). The fraction of sp³-hybridized carbons (Fsp3) is 0.636. The van der Waals surface area contributed by atoms with Crippen molar-refractivity contribution < 1.29 is 4.79 Å². The van der Waals surface area contributed by atoms with Gasteiger partial charge in [0.1, 0.15) is 6.33 Å². The number of imidazole rings is 1. The molecule has 3 aliphatic rings. The van der Waals surface area contributed by atoms with Crippen molar-refractivity contribution in [3.8, 4) is 0 Å². The second-order valence-electron chi connectivity index (χ2n) is 4.54. The van der Waals surface area contributed by atoms with Crippen molar-refractivity contribution in [2.24, 2.45) is 5.92 Å². The van der Waals surface area contributed by atoms with Gasteiger partial charge in [-0.1, -0.05) is 0 Å². The van der Waals surface area contributed by atoms with E-state index >= 15 is 0 Å². The van der Waals surface area contributed by atoms with E-state index in [0.717, 1.165) is 25.4 Å². The van der Waals surface area contributed by atoms with Crippen LogP contribution >= 0.6 is 12.4 Å². The van der Waals surface area contributed by atoms with Gasteiger partial charge in [0.2, 0.25) is 5.91 Å². The molecule has 0 saturated carbocycles. The molecule has 88 valence electrons. The molecule has 1 unspecified atom stereocenters. The normalized spacial score (nSPS) is 32.1. The molecule has 1 atom stereocenters. The maximum atomic E-state index is 12.1. The van der Waals surface area contributed by atoms with Crippen molar-refractivity contribution in [1.82, 2.24) is 14.5 Å². The molecule has 2 bridgehead atoms. The van der Waals surface area contributed by atoms with Crippen molar-refractivity contribution in [1.29, 1.82) is 0 Å². The Morgan fingerprint density at radius 1 is 1.31 bits per heavy atom. The number of halogens is 1. The highest BCUT2D eigenvalue weighted by Gasteiger charge is 2.37. The van der Waals surface area contributed by atoms with Crippen LogP contribution in [-0.4, -0.2) is 39.5 Å². The number of fused-ring (bicyclic) bond motifs is 3. The second-order valence-corrected chi connectivity index (χ2v) is 4.54. The monoisotopic (exact) mass is 241 g/mol. The summed E-state index contributed by atoms with van der Waals surface area (Å²) in [4.78, 5) is 18.4. The zero-order valence-electron chi connectivity index (χ0n) is 9.08. The van der Waals surface area contributed by atoms with Crippen LogP contribution in [0.1, 0.15) is 24.1 Å². The number of hydrogen-bond donors (Lipinski definition) is 0. The van der Waals surface area contributed by atoms with Crippen LogP contribution in [0.15, 0.2) is 18.7 Å². The highest BCUT2D eigenvalue weighted by molar-refractivity contribution is 5.85. The van der Waals surface area contributed by atoms with Crippen LogP contribution in [0.4, 0.5) is 0 Å². The SMILES string of the molecule is Cl.O=C(C1CC2CCN1CC2)n1ccnc1. The summed E-state index contributed by atoms with van der Waals surface area (Å²) in [6, 6.07) is 0.103. The molecule has 4 heterocycles. The molecule has 0 aromatic carbocycles. The van der Waals surface area contributed by atoms with Crippen LogP contribution in [0.2, 0.25) is 0 Å². The van der Waals surface area contributed by atoms with Gasteiger partial charge < -0.3 is 0 Å². The fourth-order valence-corrected chi connectivity index (χ4v) is 2.78. The zero-order valence-corrected chi connectivity index (χ0v) is 9.90. The average Bonchev–Trinajstić information content (AvgIpc) is 2.83. The molecule has 0 spiro atoms. The zero-order chi connectivity index (χ0) is 10.3. The predicted octanol–water partition coefficient (Wildman–Crippen LogP) is 1.43. The van der Waals surface area contributed by atoms with E-state index in [9.17, 15) is 4.79 Å². The van der Waals surface area contributed by atoms with Crippen molar-refractivity contribution >= 4 is 18.3 Å². The van der Waals surface area contributed by atoms with E-state index in [2.05, 4.69) is 9.88 Å². The molecule has 0 amide bonds. The first-order valence-electron chi connectivity index (χ1n) is 5.61. The number of aromatic nitrogens is 2. The molecule has 4 nitrogen and oxygen atoms in total. The Balaban J connectivity index is 0.000000963. The number of rotatable bonds is 1. The van der Waals surface area contributed by atoms with E-state index in [1.54, 1.807) is 23.3 Å². The van der Waals surface area contributed by atoms with Crippen LogP contribution in [0.25, 0.3) is 0 Å². The average molecular weight is 242 g/mol. The minimum atomic E-state index is 0. The Morgan fingerprint density at radius 2 is 2.06 bits per heavy atom. The van der Waals surface area contributed by atoms with Crippen molar-refractivity contribution in [3.63, 3.8) is 0 Å². The Morgan fingerprint density at radius 3 is 2.56 bits per heavy atom.